The molecule has 144 valence electrons. The fraction of sp³-hybridized carbons (Fsp3) is 0.524. The fourth-order valence-corrected chi connectivity index (χ4v) is 2.51. The van der Waals surface area contributed by atoms with Gasteiger partial charge in [0, 0.05) is 16.9 Å². The Balaban J connectivity index is 1.63. The number of aliphatic imine (C=N–C) groups is 2. The summed E-state index contributed by atoms with van der Waals surface area (Å²) >= 11 is 0. The van der Waals surface area contributed by atoms with E-state index < -0.39 is 0 Å². The van der Waals surface area contributed by atoms with E-state index >= 15 is 0 Å². The molecule has 6 heteroatoms. The molecular formula is C21H28N4O2. The SMILES string of the molecule is Cc1ccc(C#CC2CC2)cc1N=C(C=NCC1OCC(C)(C)CO1)NN. The molecular weight excluding hydrogens is 340 g/mol. The van der Waals surface area contributed by atoms with Crippen molar-refractivity contribution in [3.05, 3.63) is 29.3 Å². The molecule has 0 radical (unpaired) electrons. The first-order valence-corrected chi connectivity index (χ1v) is 9.36. The van der Waals surface area contributed by atoms with Crippen molar-refractivity contribution in [3.8, 4) is 11.8 Å². The van der Waals surface area contributed by atoms with Crippen LogP contribution >= 0.6 is 0 Å². The lowest BCUT2D eigenvalue weighted by Crippen LogP contribution is -2.39. The van der Waals surface area contributed by atoms with E-state index in [1.807, 2.05) is 25.1 Å². The number of hydrazine groups is 1. The summed E-state index contributed by atoms with van der Waals surface area (Å²) in [6.45, 7) is 7.97. The van der Waals surface area contributed by atoms with Gasteiger partial charge in [0.15, 0.2) is 12.1 Å². The molecule has 0 atom stereocenters. The van der Waals surface area contributed by atoms with Crippen LogP contribution in [0.2, 0.25) is 0 Å². The van der Waals surface area contributed by atoms with E-state index in [1.54, 1.807) is 6.21 Å². The van der Waals surface area contributed by atoms with Gasteiger partial charge < -0.3 is 14.9 Å². The van der Waals surface area contributed by atoms with Crippen molar-refractivity contribution in [2.75, 3.05) is 19.8 Å². The Morgan fingerprint density at radius 1 is 1.33 bits per heavy atom. The van der Waals surface area contributed by atoms with E-state index in [0.29, 0.717) is 31.5 Å². The molecule has 27 heavy (non-hydrogen) atoms. The van der Waals surface area contributed by atoms with Crippen LogP contribution in [0, 0.1) is 30.1 Å². The van der Waals surface area contributed by atoms with Gasteiger partial charge in [-0.05, 0) is 37.5 Å². The Morgan fingerprint density at radius 3 is 2.74 bits per heavy atom. The molecule has 3 rings (SSSR count). The highest BCUT2D eigenvalue weighted by atomic mass is 16.7. The van der Waals surface area contributed by atoms with Gasteiger partial charge in [0.1, 0.15) is 0 Å². The van der Waals surface area contributed by atoms with E-state index in [9.17, 15) is 0 Å². The van der Waals surface area contributed by atoms with Gasteiger partial charge in [0.25, 0.3) is 0 Å². The van der Waals surface area contributed by atoms with Crippen LogP contribution in [-0.2, 0) is 9.47 Å². The number of amidine groups is 1. The third-order valence-corrected chi connectivity index (χ3v) is 4.38. The van der Waals surface area contributed by atoms with Gasteiger partial charge in [0.05, 0.1) is 31.7 Å². The molecule has 1 aliphatic carbocycles. The first kappa shape index (κ1) is 19.6. The van der Waals surface area contributed by atoms with E-state index in [0.717, 1.165) is 16.8 Å². The molecule has 1 heterocycles. The number of aryl methyl sites for hydroxylation is 1. The lowest BCUT2D eigenvalue weighted by Gasteiger charge is -2.33. The number of nitrogens with zero attached hydrogens (tertiary/aromatic N) is 2. The number of hydrogen-bond acceptors (Lipinski definition) is 5. The van der Waals surface area contributed by atoms with Gasteiger partial charge in [-0.15, -0.1) is 0 Å². The predicted molar refractivity (Wildman–Crippen MR) is 108 cm³/mol. The fourth-order valence-electron chi connectivity index (χ4n) is 2.51. The van der Waals surface area contributed by atoms with Crippen molar-refractivity contribution in [2.24, 2.45) is 27.2 Å². The van der Waals surface area contributed by atoms with Crippen LogP contribution in [0.1, 0.15) is 37.8 Å². The highest BCUT2D eigenvalue weighted by Gasteiger charge is 2.27. The summed E-state index contributed by atoms with van der Waals surface area (Å²) in [6, 6.07) is 6.02. The summed E-state index contributed by atoms with van der Waals surface area (Å²) in [5, 5.41) is 0. The zero-order chi connectivity index (χ0) is 19.3. The van der Waals surface area contributed by atoms with Gasteiger partial charge in [-0.1, -0.05) is 31.8 Å². The molecule has 1 saturated heterocycles. The second-order valence-electron chi connectivity index (χ2n) is 7.90. The number of nitrogens with two attached hydrogens (primary N) is 1. The number of benzene rings is 1. The van der Waals surface area contributed by atoms with Crippen LogP contribution in [0.3, 0.4) is 0 Å². The molecule has 0 spiro atoms. The maximum Gasteiger partial charge on any atom is 0.176 e. The summed E-state index contributed by atoms with van der Waals surface area (Å²) in [7, 11) is 0. The molecule has 6 nitrogen and oxygen atoms in total. The van der Waals surface area contributed by atoms with E-state index in [-0.39, 0.29) is 11.7 Å². The van der Waals surface area contributed by atoms with Crippen LogP contribution in [0.25, 0.3) is 0 Å². The minimum atomic E-state index is -0.323. The molecule has 1 aliphatic heterocycles. The molecule has 3 N–H and O–H groups in total. The summed E-state index contributed by atoms with van der Waals surface area (Å²) in [5.74, 6) is 13.1. The lowest BCUT2D eigenvalue weighted by molar-refractivity contribution is -0.215. The highest BCUT2D eigenvalue weighted by molar-refractivity contribution is 6.29. The summed E-state index contributed by atoms with van der Waals surface area (Å²) < 4.78 is 11.3. The van der Waals surface area contributed by atoms with Crippen LogP contribution in [0.15, 0.2) is 28.2 Å². The minimum absolute atomic E-state index is 0.0522. The quantitative estimate of drug-likeness (QED) is 0.281. The third-order valence-electron chi connectivity index (χ3n) is 4.38. The first-order valence-electron chi connectivity index (χ1n) is 9.36. The van der Waals surface area contributed by atoms with Gasteiger partial charge in [-0.3, -0.25) is 4.99 Å². The monoisotopic (exact) mass is 368 g/mol. The predicted octanol–water partition coefficient (Wildman–Crippen LogP) is 2.72. The number of ether oxygens (including phenoxy) is 2. The van der Waals surface area contributed by atoms with Crippen LogP contribution in [0.5, 0.6) is 0 Å². The van der Waals surface area contributed by atoms with Crippen LogP contribution in [0.4, 0.5) is 5.69 Å². The van der Waals surface area contributed by atoms with Crippen LogP contribution < -0.4 is 11.3 Å². The van der Waals surface area contributed by atoms with E-state index in [2.05, 4.69) is 41.1 Å². The molecule has 0 amide bonds. The Bertz CT molecular complexity index is 775. The molecule has 2 aliphatic rings. The van der Waals surface area contributed by atoms with Crippen molar-refractivity contribution in [1.29, 1.82) is 0 Å². The Kier molecular flexibility index (Phi) is 6.27. The summed E-state index contributed by atoms with van der Waals surface area (Å²) in [4.78, 5) is 8.92. The number of hydrogen-bond donors (Lipinski definition) is 2. The average molecular weight is 368 g/mol. The first-order chi connectivity index (χ1) is 12.9. The molecule has 0 unspecified atom stereocenters. The molecule has 0 bridgehead atoms. The number of nitrogens with one attached hydrogen (secondary N) is 1. The van der Waals surface area contributed by atoms with E-state index in [1.165, 1.54) is 12.8 Å². The van der Waals surface area contributed by atoms with Crippen molar-refractivity contribution in [2.45, 2.75) is 39.9 Å². The van der Waals surface area contributed by atoms with Crippen molar-refractivity contribution < 1.29 is 9.47 Å². The normalized spacial score (nSPS) is 20.4. The Labute approximate surface area is 161 Å². The van der Waals surface area contributed by atoms with Gasteiger partial charge in [-0.25, -0.2) is 10.8 Å². The van der Waals surface area contributed by atoms with Gasteiger partial charge in [-0.2, -0.15) is 0 Å². The maximum atomic E-state index is 5.67. The van der Waals surface area contributed by atoms with Crippen molar-refractivity contribution in [1.82, 2.24) is 5.43 Å². The molecule has 2 fully saturated rings. The highest BCUT2D eigenvalue weighted by Crippen LogP contribution is 2.28. The smallest absolute Gasteiger partial charge is 0.176 e. The lowest BCUT2D eigenvalue weighted by atomic mass is 9.96. The van der Waals surface area contributed by atoms with Gasteiger partial charge in [0.2, 0.25) is 0 Å². The zero-order valence-electron chi connectivity index (χ0n) is 16.3. The number of rotatable bonds is 4. The topological polar surface area (TPSA) is 81.2 Å². The molecule has 1 saturated carbocycles. The molecule has 0 aromatic heterocycles. The minimum Gasteiger partial charge on any atom is -0.350 e. The Hall–Kier alpha value is -2.20. The van der Waals surface area contributed by atoms with Crippen molar-refractivity contribution in [3.63, 3.8) is 0 Å². The van der Waals surface area contributed by atoms with Crippen molar-refractivity contribution >= 4 is 17.7 Å². The Morgan fingerprint density at radius 2 is 2.07 bits per heavy atom. The third kappa shape index (κ3) is 6.17. The van der Waals surface area contributed by atoms with Crippen LogP contribution in [-0.4, -0.2) is 38.1 Å². The molecule has 1 aromatic carbocycles. The zero-order valence-corrected chi connectivity index (χ0v) is 16.3. The van der Waals surface area contributed by atoms with Gasteiger partial charge >= 0.3 is 0 Å². The molecule has 1 aromatic rings. The summed E-state index contributed by atoms with van der Waals surface area (Å²) in [5.41, 5.74) is 5.48. The largest absolute Gasteiger partial charge is 0.350 e. The van der Waals surface area contributed by atoms with E-state index in [4.69, 9.17) is 15.3 Å². The maximum absolute atomic E-state index is 5.67. The second kappa shape index (κ2) is 8.66. The summed E-state index contributed by atoms with van der Waals surface area (Å²) in [6.07, 6.45) is 3.71. The second-order valence-corrected chi connectivity index (χ2v) is 7.90. The standard InChI is InChI=1S/C21H28N4O2/c1-15-4-5-17(9-8-16-6-7-16)10-18(15)24-19(25-22)11-23-12-20-26-13-21(2,3)14-27-20/h4-5,10-11,16,20H,6-7,12-14,22H2,1-3H3,(H,24,25). The average Bonchev–Trinajstić information content (AvgIpc) is 3.47.